The number of aryl methyl sites for hydroxylation is 2. The smallest absolute Gasteiger partial charge is 0.264 e. The van der Waals surface area contributed by atoms with Crippen LogP contribution in [-0.4, -0.2) is 40.4 Å². The van der Waals surface area contributed by atoms with Gasteiger partial charge in [-0.2, -0.15) is 0 Å². The fourth-order valence-corrected chi connectivity index (χ4v) is 5.22. The van der Waals surface area contributed by atoms with Gasteiger partial charge >= 0.3 is 0 Å². The van der Waals surface area contributed by atoms with Gasteiger partial charge in [0.05, 0.1) is 24.2 Å². The number of amides is 2. The monoisotopic (exact) mass is 495 g/mol. The number of para-hydroxylation sites is 1. The number of nitrogens with one attached hydrogen (secondary N) is 2. The topological polar surface area (TPSA) is 105 Å². The molecule has 35 heavy (non-hydrogen) atoms. The van der Waals surface area contributed by atoms with Crippen LogP contribution in [0.3, 0.4) is 0 Å². The summed E-state index contributed by atoms with van der Waals surface area (Å²) in [6, 6.07) is 20.6. The Bertz CT molecular complexity index is 1280. The first-order valence-electron chi connectivity index (χ1n) is 11.1. The summed E-state index contributed by atoms with van der Waals surface area (Å²) in [6.45, 7) is 3.31. The molecular weight excluding hydrogens is 466 g/mol. The normalized spacial score (nSPS) is 10.9. The zero-order valence-corrected chi connectivity index (χ0v) is 20.8. The predicted octanol–water partition coefficient (Wildman–Crippen LogP) is 3.65. The van der Waals surface area contributed by atoms with Gasteiger partial charge < -0.3 is 15.4 Å². The number of carbonyl (C=O) groups is 2. The lowest BCUT2D eigenvalue weighted by Gasteiger charge is -2.25. The molecule has 0 aliphatic carbocycles. The third-order valence-electron chi connectivity index (χ3n) is 5.30. The molecular formula is C26H29N3O5S. The van der Waals surface area contributed by atoms with E-state index in [0.29, 0.717) is 22.7 Å². The third kappa shape index (κ3) is 6.83. The molecule has 0 aliphatic rings. The molecule has 9 heteroatoms. The summed E-state index contributed by atoms with van der Waals surface area (Å²) >= 11 is 0. The number of benzene rings is 3. The van der Waals surface area contributed by atoms with E-state index in [0.717, 1.165) is 5.56 Å². The van der Waals surface area contributed by atoms with Crippen molar-refractivity contribution in [3.05, 3.63) is 83.9 Å². The van der Waals surface area contributed by atoms with E-state index < -0.39 is 15.9 Å². The van der Waals surface area contributed by atoms with Gasteiger partial charge in [0.1, 0.15) is 5.75 Å². The van der Waals surface area contributed by atoms with Crippen LogP contribution < -0.4 is 19.7 Å². The van der Waals surface area contributed by atoms with Crippen LogP contribution in [0.2, 0.25) is 0 Å². The van der Waals surface area contributed by atoms with Gasteiger partial charge in [0.2, 0.25) is 11.8 Å². The summed E-state index contributed by atoms with van der Waals surface area (Å²) in [6.07, 6.45) is -0.130. The summed E-state index contributed by atoms with van der Waals surface area (Å²) < 4.78 is 33.6. The van der Waals surface area contributed by atoms with Crippen LogP contribution in [0, 0.1) is 13.8 Å². The van der Waals surface area contributed by atoms with Gasteiger partial charge in [0.15, 0.2) is 0 Å². The first kappa shape index (κ1) is 25.8. The van der Waals surface area contributed by atoms with E-state index in [1.807, 2.05) is 13.0 Å². The zero-order valence-electron chi connectivity index (χ0n) is 19.9. The van der Waals surface area contributed by atoms with Crippen LogP contribution >= 0.6 is 0 Å². The number of sulfonamides is 1. The number of carbonyl (C=O) groups excluding carboxylic acids is 2. The molecule has 0 unspecified atom stereocenters. The lowest BCUT2D eigenvalue weighted by atomic mass is 10.2. The van der Waals surface area contributed by atoms with Crippen molar-refractivity contribution in [3.8, 4) is 5.75 Å². The van der Waals surface area contributed by atoms with Gasteiger partial charge in [-0.05, 0) is 61.9 Å². The van der Waals surface area contributed by atoms with Crippen molar-refractivity contribution in [2.75, 3.05) is 29.8 Å². The number of hydrogen-bond donors (Lipinski definition) is 2. The highest BCUT2D eigenvalue weighted by atomic mass is 32.2. The van der Waals surface area contributed by atoms with Crippen molar-refractivity contribution in [1.29, 1.82) is 0 Å². The molecule has 0 aromatic heterocycles. The number of ether oxygens (including phenoxy) is 1. The van der Waals surface area contributed by atoms with Crippen molar-refractivity contribution in [1.82, 2.24) is 5.32 Å². The number of methoxy groups -OCH3 is 1. The molecule has 0 bridgehead atoms. The van der Waals surface area contributed by atoms with Crippen LogP contribution in [0.1, 0.15) is 17.5 Å². The predicted molar refractivity (Wildman–Crippen MR) is 136 cm³/mol. The second-order valence-corrected chi connectivity index (χ2v) is 9.82. The first-order chi connectivity index (χ1) is 16.7. The van der Waals surface area contributed by atoms with Crippen molar-refractivity contribution in [3.63, 3.8) is 0 Å². The fourth-order valence-electron chi connectivity index (χ4n) is 3.54. The minimum atomic E-state index is -3.96. The molecule has 2 amide bonds. The minimum Gasteiger partial charge on any atom is -0.497 e. The number of nitrogens with zero attached hydrogens (tertiary/aromatic N) is 1. The zero-order chi connectivity index (χ0) is 25.4. The molecule has 0 fully saturated rings. The molecule has 0 radical (unpaired) electrons. The minimum absolute atomic E-state index is 0.103. The van der Waals surface area contributed by atoms with E-state index in [1.54, 1.807) is 73.7 Å². The molecule has 184 valence electrons. The fraction of sp³-hybridized carbons (Fsp3) is 0.231. The second kappa shape index (κ2) is 11.5. The maximum atomic E-state index is 13.6. The van der Waals surface area contributed by atoms with Gasteiger partial charge in [-0.3, -0.25) is 13.9 Å². The molecule has 3 aromatic rings. The average molecular weight is 496 g/mol. The van der Waals surface area contributed by atoms with Crippen molar-refractivity contribution in [2.24, 2.45) is 0 Å². The van der Waals surface area contributed by atoms with Crippen LogP contribution in [0.15, 0.2) is 77.7 Å². The number of anilines is 2. The quantitative estimate of drug-likeness (QED) is 0.447. The first-order valence-corrected chi connectivity index (χ1v) is 12.5. The van der Waals surface area contributed by atoms with Crippen LogP contribution in [0.25, 0.3) is 0 Å². The third-order valence-corrected chi connectivity index (χ3v) is 7.29. The summed E-state index contributed by atoms with van der Waals surface area (Å²) in [5, 5.41) is 5.23. The van der Waals surface area contributed by atoms with E-state index >= 15 is 0 Å². The Balaban J connectivity index is 1.73. The summed E-state index contributed by atoms with van der Waals surface area (Å²) in [5.74, 6) is -0.234. The second-order valence-electron chi connectivity index (χ2n) is 7.99. The lowest BCUT2D eigenvalue weighted by molar-refractivity contribution is -0.124. The molecule has 3 aromatic carbocycles. The Morgan fingerprint density at radius 2 is 1.60 bits per heavy atom. The Kier molecular flexibility index (Phi) is 8.48. The van der Waals surface area contributed by atoms with Gasteiger partial charge in [0, 0.05) is 18.7 Å². The molecule has 2 N–H and O–H groups in total. The SMILES string of the molecule is COc1ccc(N(CCC(=O)NCC(=O)Nc2ccccc2)S(=O)(=O)c2ccc(C)cc2C)cc1. The highest BCUT2D eigenvalue weighted by Gasteiger charge is 2.27. The lowest BCUT2D eigenvalue weighted by Crippen LogP contribution is -2.37. The molecule has 0 saturated carbocycles. The van der Waals surface area contributed by atoms with E-state index in [-0.39, 0.29) is 30.3 Å². The Morgan fingerprint density at radius 3 is 2.23 bits per heavy atom. The molecule has 0 atom stereocenters. The van der Waals surface area contributed by atoms with Gasteiger partial charge in [-0.1, -0.05) is 35.9 Å². The maximum absolute atomic E-state index is 13.6. The number of hydrogen-bond acceptors (Lipinski definition) is 5. The van der Waals surface area contributed by atoms with E-state index in [9.17, 15) is 18.0 Å². The highest BCUT2D eigenvalue weighted by molar-refractivity contribution is 7.92. The summed E-state index contributed by atoms with van der Waals surface area (Å²) in [4.78, 5) is 24.7. The van der Waals surface area contributed by atoms with Crippen LogP contribution in [-0.2, 0) is 19.6 Å². The molecule has 0 spiro atoms. The summed E-state index contributed by atoms with van der Waals surface area (Å²) in [7, 11) is -2.43. The van der Waals surface area contributed by atoms with Crippen molar-refractivity contribution < 1.29 is 22.7 Å². The van der Waals surface area contributed by atoms with E-state index in [1.165, 1.54) is 11.4 Å². The Hall–Kier alpha value is -3.85. The Labute approximate surface area is 206 Å². The van der Waals surface area contributed by atoms with Crippen LogP contribution in [0.5, 0.6) is 5.75 Å². The van der Waals surface area contributed by atoms with Gasteiger partial charge in [0.25, 0.3) is 10.0 Å². The van der Waals surface area contributed by atoms with Gasteiger partial charge in [-0.25, -0.2) is 8.42 Å². The van der Waals surface area contributed by atoms with Crippen molar-refractivity contribution in [2.45, 2.75) is 25.2 Å². The highest BCUT2D eigenvalue weighted by Crippen LogP contribution is 2.28. The Morgan fingerprint density at radius 1 is 0.914 bits per heavy atom. The summed E-state index contributed by atoms with van der Waals surface area (Å²) in [5.41, 5.74) is 2.59. The van der Waals surface area contributed by atoms with Crippen LogP contribution in [0.4, 0.5) is 11.4 Å². The molecule has 8 nitrogen and oxygen atoms in total. The number of rotatable bonds is 10. The maximum Gasteiger partial charge on any atom is 0.264 e. The van der Waals surface area contributed by atoms with Gasteiger partial charge in [-0.15, -0.1) is 0 Å². The largest absolute Gasteiger partial charge is 0.497 e. The standard InChI is InChI=1S/C26H29N3O5S/c1-19-9-14-24(20(2)17-19)35(32,33)29(22-10-12-23(34-3)13-11-22)16-15-25(30)27-18-26(31)28-21-7-5-4-6-8-21/h4-14,17H,15-16,18H2,1-3H3,(H,27,30)(H,28,31). The average Bonchev–Trinajstić information content (AvgIpc) is 2.83. The van der Waals surface area contributed by atoms with Crippen molar-refractivity contribution >= 4 is 33.2 Å². The molecule has 0 heterocycles. The van der Waals surface area contributed by atoms with E-state index in [2.05, 4.69) is 10.6 Å². The molecule has 0 saturated heterocycles. The molecule has 0 aliphatic heterocycles. The molecule has 3 rings (SSSR count). The van der Waals surface area contributed by atoms with E-state index in [4.69, 9.17) is 4.74 Å².